The molecule has 2 atom stereocenters. The lowest BCUT2D eigenvalue weighted by Gasteiger charge is -2.29. The Morgan fingerprint density at radius 1 is 1.21 bits per heavy atom. The van der Waals surface area contributed by atoms with Gasteiger partial charge in [-0.2, -0.15) is 0 Å². The van der Waals surface area contributed by atoms with E-state index in [1.165, 1.54) is 38.2 Å². The van der Waals surface area contributed by atoms with Crippen LogP contribution in [0.2, 0.25) is 0 Å². The van der Waals surface area contributed by atoms with E-state index in [9.17, 15) is 4.79 Å². The van der Waals surface area contributed by atoms with Gasteiger partial charge in [-0.05, 0) is 67.8 Å². The molecular weight excluding hydrogens is 370 g/mol. The molecule has 0 bridgehead atoms. The number of hydrogen-bond donors (Lipinski definition) is 1. The van der Waals surface area contributed by atoms with Crippen LogP contribution in [0, 0.1) is 5.92 Å². The zero-order chi connectivity index (χ0) is 14.0. The third kappa shape index (κ3) is 3.60. The van der Waals surface area contributed by atoms with Crippen LogP contribution in [0.25, 0.3) is 0 Å². The maximum atomic E-state index is 11.2. The van der Waals surface area contributed by atoms with Gasteiger partial charge in [0, 0.05) is 15.9 Å². The Labute approximate surface area is 131 Å². The van der Waals surface area contributed by atoms with Crippen LogP contribution in [0.15, 0.2) is 21.1 Å². The molecule has 0 radical (unpaired) electrons. The fourth-order valence-electron chi connectivity index (χ4n) is 2.91. The number of carbonyl (C=O) groups excluding carboxylic acids is 1. The molecule has 2 rings (SSSR count). The molecule has 0 heterocycles. The van der Waals surface area contributed by atoms with E-state index in [-0.39, 0.29) is 5.91 Å². The zero-order valence-electron chi connectivity index (χ0n) is 11.3. The van der Waals surface area contributed by atoms with Crippen LogP contribution >= 0.6 is 31.9 Å². The summed E-state index contributed by atoms with van der Waals surface area (Å²) in [6, 6.07) is 4.31. The number of hydrogen-bond acceptors (Lipinski definition) is 1. The highest BCUT2D eigenvalue weighted by atomic mass is 79.9. The first kappa shape index (κ1) is 15.0. The summed E-state index contributed by atoms with van der Waals surface area (Å²) in [6.45, 7) is 3.86. The van der Waals surface area contributed by atoms with E-state index < -0.39 is 0 Å². The van der Waals surface area contributed by atoms with Gasteiger partial charge in [0.05, 0.1) is 5.69 Å². The Morgan fingerprint density at radius 3 is 2.32 bits per heavy atom. The molecule has 1 aliphatic rings. The van der Waals surface area contributed by atoms with Crippen LogP contribution in [0.5, 0.6) is 0 Å². The first-order chi connectivity index (χ1) is 8.99. The number of benzene rings is 1. The average Bonchev–Trinajstić information content (AvgIpc) is 2.34. The first-order valence-corrected chi connectivity index (χ1v) is 8.34. The topological polar surface area (TPSA) is 29.1 Å². The molecule has 1 aliphatic carbocycles. The van der Waals surface area contributed by atoms with Crippen LogP contribution in [0.1, 0.15) is 51.0 Å². The van der Waals surface area contributed by atoms with E-state index in [0.29, 0.717) is 5.92 Å². The highest BCUT2D eigenvalue weighted by Crippen LogP contribution is 2.41. The Morgan fingerprint density at radius 2 is 1.79 bits per heavy atom. The number of nitrogens with one attached hydrogen (secondary N) is 1. The van der Waals surface area contributed by atoms with E-state index >= 15 is 0 Å². The number of amides is 1. The Hall–Kier alpha value is -0.350. The van der Waals surface area contributed by atoms with Gasteiger partial charge in [0.25, 0.3) is 0 Å². The number of halogens is 2. The number of anilines is 1. The number of rotatable bonds is 2. The maximum Gasteiger partial charge on any atom is 0.221 e. The molecule has 0 aliphatic heterocycles. The molecule has 1 N–H and O–H groups in total. The Balaban J connectivity index is 2.30. The van der Waals surface area contributed by atoms with Crippen LogP contribution < -0.4 is 5.32 Å². The fourth-order valence-corrected chi connectivity index (χ4v) is 4.33. The molecular formula is C15H19Br2NO. The summed E-state index contributed by atoms with van der Waals surface area (Å²) < 4.78 is 1.90. The SMILES string of the molecule is CC(=O)Nc1c(Br)cc([C@@H]2CCCC[C@@H]2C)cc1Br. The van der Waals surface area contributed by atoms with Gasteiger partial charge in [-0.25, -0.2) is 0 Å². The monoisotopic (exact) mass is 387 g/mol. The second kappa shape index (κ2) is 6.40. The summed E-state index contributed by atoms with van der Waals surface area (Å²) in [7, 11) is 0. The minimum absolute atomic E-state index is 0.0554. The van der Waals surface area contributed by atoms with Gasteiger partial charge in [0.1, 0.15) is 0 Å². The first-order valence-electron chi connectivity index (χ1n) is 6.75. The molecule has 104 valence electrons. The lowest BCUT2D eigenvalue weighted by Crippen LogP contribution is -2.15. The molecule has 1 aromatic rings. The molecule has 4 heteroatoms. The largest absolute Gasteiger partial charge is 0.324 e. The van der Waals surface area contributed by atoms with Crippen molar-refractivity contribution in [1.82, 2.24) is 0 Å². The summed E-state index contributed by atoms with van der Waals surface area (Å²) in [4.78, 5) is 11.2. The Kier molecular flexibility index (Phi) is 5.07. The molecule has 0 spiro atoms. The van der Waals surface area contributed by atoms with Gasteiger partial charge in [-0.1, -0.05) is 26.2 Å². The van der Waals surface area contributed by atoms with Gasteiger partial charge in [-0.15, -0.1) is 0 Å². The highest BCUT2D eigenvalue weighted by molar-refractivity contribution is 9.11. The van der Waals surface area contributed by atoms with E-state index in [1.807, 2.05) is 0 Å². The quantitative estimate of drug-likeness (QED) is 0.715. The minimum Gasteiger partial charge on any atom is -0.324 e. The third-order valence-electron chi connectivity index (χ3n) is 3.91. The van der Waals surface area contributed by atoms with Crippen molar-refractivity contribution in [3.05, 3.63) is 26.6 Å². The second-order valence-electron chi connectivity index (χ2n) is 5.41. The molecule has 1 saturated carbocycles. The molecule has 19 heavy (non-hydrogen) atoms. The predicted octanol–water partition coefficient (Wildman–Crippen LogP) is 5.46. The Bertz CT molecular complexity index is 464. The minimum atomic E-state index is -0.0554. The van der Waals surface area contributed by atoms with Crippen LogP contribution in [0.4, 0.5) is 5.69 Å². The number of carbonyl (C=O) groups is 1. The van der Waals surface area contributed by atoms with E-state index in [1.54, 1.807) is 0 Å². The summed E-state index contributed by atoms with van der Waals surface area (Å²) in [5.74, 6) is 1.31. The maximum absolute atomic E-state index is 11.2. The molecule has 1 aromatic carbocycles. The van der Waals surface area contributed by atoms with Crippen molar-refractivity contribution in [3.63, 3.8) is 0 Å². The van der Waals surface area contributed by atoms with Gasteiger partial charge < -0.3 is 5.32 Å². The van der Waals surface area contributed by atoms with Crippen LogP contribution in [-0.2, 0) is 4.79 Å². The highest BCUT2D eigenvalue weighted by Gasteiger charge is 2.24. The van der Waals surface area contributed by atoms with Crippen molar-refractivity contribution in [2.75, 3.05) is 5.32 Å². The van der Waals surface area contributed by atoms with E-state index in [2.05, 4.69) is 56.2 Å². The summed E-state index contributed by atoms with van der Waals surface area (Å²) in [5, 5.41) is 2.85. The van der Waals surface area contributed by atoms with E-state index in [4.69, 9.17) is 0 Å². The van der Waals surface area contributed by atoms with Crippen LogP contribution in [-0.4, -0.2) is 5.91 Å². The van der Waals surface area contributed by atoms with E-state index in [0.717, 1.165) is 20.6 Å². The van der Waals surface area contributed by atoms with Crippen molar-refractivity contribution in [1.29, 1.82) is 0 Å². The van der Waals surface area contributed by atoms with Crippen molar-refractivity contribution >= 4 is 43.5 Å². The lowest BCUT2D eigenvalue weighted by molar-refractivity contribution is -0.114. The zero-order valence-corrected chi connectivity index (χ0v) is 14.5. The molecule has 0 aromatic heterocycles. The standard InChI is InChI=1S/C15H19Br2NO/c1-9-5-3-4-6-12(9)11-7-13(16)15(14(17)8-11)18-10(2)19/h7-9,12H,3-6H2,1-2H3,(H,18,19)/t9-,12+/m0/s1. The summed E-state index contributed by atoms with van der Waals surface area (Å²) >= 11 is 7.14. The van der Waals surface area contributed by atoms with Crippen molar-refractivity contribution in [2.45, 2.75) is 45.4 Å². The summed E-state index contributed by atoms with van der Waals surface area (Å²) in [5.41, 5.74) is 2.18. The van der Waals surface area contributed by atoms with Gasteiger partial charge >= 0.3 is 0 Å². The molecule has 1 amide bonds. The average molecular weight is 389 g/mol. The van der Waals surface area contributed by atoms with Crippen molar-refractivity contribution in [2.24, 2.45) is 5.92 Å². The van der Waals surface area contributed by atoms with Crippen molar-refractivity contribution < 1.29 is 4.79 Å². The molecule has 0 saturated heterocycles. The smallest absolute Gasteiger partial charge is 0.221 e. The second-order valence-corrected chi connectivity index (χ2v) is 7.12. The predicted molar refractivity (Wildman–Crippen MR) is 86.5 cm³/mol. The van der Waals surface area contributed by atoms with Gasteiger partial charge in [0.15, 0.2) is 0 Å². The van der Waals surface area contributed by atoms with Crippen LogP contribution in [0.3, 0.4) is 0 Å². The van der Waals surface area contributed by atoms with Gasteiger partial charge in [0.2, 0.25) is 5.91 Å². The summed E-state index contributed by atoms with van der Waals surface area (Å²) in [6.07, 6.45) is 5.24. The molecule has 2 nitrogen and oxygen atoms in total. The van der Waals surface area contributed by atoms with Gasteiger partial charge in [-0.3, -0.25) is 4.79 Å². The molecule has 1 fully saturated rings. The molecule has 0 unspecified atom stereocenters. The lowest BCUT2D eigenvalue weighted by atomic mass is 9.76. The van der Waals surface area contributed by atoms with Crippen molar-refractivity contribution in [3.8, 4) is 0 Å². The normalized spacial score (nSPS) is 23.2. The fraction of sp³-hybridized carbons (Fsp3) is 0.533. The third-order valence-corrected chi connectivity index (χ3v) is 5.16.